The number of hydrogen-bond donors (Lipinski definition) is 0. The molecule has 4 bridgehead atoms. The van der Waals surface area contributed by atoms with E-state index < -0.39 is 0 Å². The first-order chi connectivity index (χ1) is 10.7. The quantitative estimate of drug-likeness (QED) is 0.822. The fourth-order valence-corrected chi connectivity index (χ4v) is 5.65. The van der Waals surface area contributed by atoms with Gasteiger partial charge in [0.25, 0.3) is 5.91 Å². The predicted octanol–water partition coefficient (Wildman–Crippen LogP) is 4.11. The third-order valence-electron chi connectivity index (χ3n) is 6.23. The highest BCUT2D eigenvalue weighted by Gasteiger charge is 2.50. The summed E-state index contributed by atoms with van der Waals surface area (Å²) in [6.07, 6.45) is 6.67. The Morgan fingerprint density at radius 2 is 1.59 bits per heavy atom. The second-order valence-electron chi connectivity index (χ2n) is 7.52. The topological polar surface area (TPSA) is 20.3 Å². The molecule has 1 aromatic carbocycles. The van der Waals surface area contributed by atoms with Crippen LogP contribution in [-0.2, 0) is 0 Å². The standard InChI is InChI=1S/C19H24FNO/c1-2-21(19(22)14-3-5-17(20)6-4-14)18-15-8-12-7-13(10-15)11-16(18)9-12/h3-6,12-13,15-16,18H,2,7-11H2,1H3. The molecule has 1 amide bonds. The van der Waals surface area contributed by atoms with E-state index in [1.807, 2.05) is 0 Å². The maximum atomic E-state index is 13.1. The molecule has 0 unspecified atom stereocenters. The van der Waals surface area contributed by atoms with E-state index in [1.54, 1.807) is 12.1 Å². The van der Waals surface area contributed by atoms with Crippen LogP contribution >= 0.6 is 0 Å². The monoisotopic (exact) mass is 301 g/mol. The molecule has 0 spiro atoms. The Kier molecular flexibility index (Phi) is 3.47. The molecule has 0 heterocycles. The first kappa shape index (κ1) is 14.2. The largest absolute Gasteiger partial charge is 0.335 e. The van der Waals surface area contributed by atoms with Gasteiger partial charge in [0.2, 0.25) is 0 Å². The maximum absolute atomic E-state index is 13.1. The third kappa shape index (κ3) is 2.26. The van der Waals surface area contributed by atoms with E-state index in [-0.39, 0.29) is 11.7 Å². The van der Waals surface area contributed by atoms with Gasteiger partial charge in [-0.05, 0) is 87.0 Å². The molecular weight excluding hydrogens is 277 g/mol. The SMILES string of the molecule is CCN(C(=O)c1ccc(F)cc1)C1C2CC3CC(C2)CC1C3. The van der Waals surface area contributed by atoms with Gasteiger partial charge < -0.3 is 4.90 Å². The van der Waals surface area contributed by atoms with Crippen molar-refractivity contribution in [2.75, 3.05) is 6.54 Å². The zero-order valence-electron chi connectivity index (χ0n) is 13.2. The number of carbonyl (C=O) groups is 1. The highest BCUT2D eigenvalue weighted by atomic mass is 19.1. The second-order valence-corrected chi connectivity index (χ2v) is 7.52. The van der Waals surface area contributed by atoms with Crippen LogP contribution in [0.3, 0.4) is 0 Å². The van der Waals surface area contributed by atoms with E-state index in [0.29, 0.717) is 23.4 Å². The Bertz CT molecular complexity index is 539. The molecule has 2 nitrogen and oxygen atoms in total. The fourth-order valence-electron chi connectivity index (χ4n) is 5.65. The van der Waals surface area contributed by atoms with Gasteiger partial charge >= 0.3 is 0 Å². The van der Waals surface area contributed by atoms with E-state index in [0.717, 1.165) is 18.4 Å². The highest BCUT2D eigenvalue weighted by molar-refractivity contribution is 5.94. The maximum Gasteiger partial charge on any atom is 0.254 e. The van der Waals surface area contributed by atoms with Crippen LogP contribution in [0.1, 0.15) is 49.4 Å². The lowest BCUT2D eigenvalue weighted by molar-refractivity contribution is -0.0543. The van der Waals surface area contributed by atoms with Crippen LogP contribution < -0.4 is 0 Å². The summed E-state index contributed by atoms with van der Waals surface area (Å²) in [5.74, 6) is 3.02. The Balaban J connectivity index is 1.59. The van der Waals surface area contributed by atoms with E-state index in [9.17, 15) is 9.18 Å². The molecule has 22 heavy (non-hydrogen) atoms. The van der Waals surface area contributed by atoms with Gasteiger partial charge in [0.05, 0.1) is 0 Å². The Hall–Kier alpha value is -1.38. The molecule has 0 aliphatic heterocycles. The lowest BCUT2D eigenvalue weighted by Gasteiger charge is -2.57. The van der Waals surface area contributed by atoms with Crippen molar-refractivity contribution in [2.45, 2.75) is 45.1 Å². The van der Waals surface area contributed by atoms with Gasteiger partial charge in [-0.1, -0.05) is 0 Å². The van der Waals surface area contributed by atoms with Crippen LogP contribution in [-0.4, -0.2) is 23.4 Å². The minimum absolute atomic E-state index is 0.0833. The molecule has 5 rings (SSSR count). The van der Waals surface area contributed by atoms with Crippen LogP contribution in [0.25, 0.3) is 0 Å². The second kappa shape index (κ2) is 5.36. The van der Waals surface area contributed by atoms with Crippen molar-refractivity contribution in [3.05, 3.63) is 35.6 Å². The first-order valence-corrected chi connectivity index (χ1v) is 8.72. The Morgan fingerprint density at radius 3 is 2.09 bits per heavy atom. The lowest BCUT2D eigenvalue weighted by Crippen LogP contribution is -2.57. The van der Waals surface area contributed by atoms with Gasteiger partial charge in [-0.25, -0.2) is 4.39 Å². The Morgan fingerprint density at radius 1 is 1.05 bits per heavy atom. The Labute approximate surface area is 131 Å². The van der Waals surface area contributed by atoms with Crippen molar-refractivity contribution in [2.24, 2.45) is 23.7 Å². The van der Waals surface area contributed by atoms with Crippen LogP contribution in [0.15, 0.2) is 24.3 Å². The van der Waals surface area contributed by atoms with Crippen molar-refractivity contribution in [1.82, 2.24) is 4.90 Å². The molecule has 118 valence electrons. The van der Waals surface area contributed by atoms with Crippen molar-refractivity contribution < 1.29 is 9.18 Å². The molecule has 4 fully saturated rings. The number of amides is 1. The third-order valence-corrected chi connectivity index (χ3v) is 6.23. The van der Waals surface area contributed by atoms with Crippen LogP contribution in [0.2, 0.25) is 0 Å². The number of hydrogen-bond acceptors (Lipinski definition) is 1. The summed E-state index contributed by atoms with van der Waals surface area (Å²) in [7, 11) is 0. The summed E-state index contributed by atoms with van der Waals surface area (Å²) < 4.78 is 13.1. The summed E-state index contributed by atoms with van der Waals surface area (Å²) in [5.41, 5.74) is 0.622. The highest BCUT2D eigenvalue weighted by Crippen LogP contribution is 2.55. The molecule has 4 saturated carbocycles. The van der Waals surface area contributed by atoms with Crippen molar-refractivity contribution in [1.29, 1.82) is 0 Å². The van der Waals surface area contributed by atoms with Gasteiger partial charge in [-0.15, -0.1) is 0 Å². The number of rotatable bonds is 3. The average Bonchev–Trinajstić information content (AvgIpc) is 2.50. The van der Waals surface area contributed by atoms with Gasteiger partial charge in [-0.2, -0.15) is 0 Å². The summed E-state index contributed by atoms with van der Waals surface area (Å²) in [4.78, 5) is 15.0. The van der Waals surface area contributed by atoms with E-state index >= 15 is 0 Å². The zero-order chi connectivity index (χ0) is 15.3. The fraction of sp³-hybridized carbons (Fsp3) is 0.632. The van der Waals surface area contributed by atoms with Crippen molar-refractivity contribution in [3.63, 3.8) is 0 Å². The molecule has 4 aliphatic carbocycles. The van der Waals surface area contributed by atoms with Crippen molar-refractivity contribution >= 4 is 5.91 Å². The van der Waals surface area contributed by atoms with Gasteiger partial charge in [0.1, 0.15) is 5.82 Å². The number of carbonyl (C=O) groups excluding carboxylic acids is 1. The minimum atomic E-state index is -0.283. The molecular formula is C19H24FNO. The van der Waals surface area contributed by atoms with Crippen LogP contribution in [0, 0.1) is 29.5 Å². The summed E-state index contributed by atoms with van der Waals surface area (Å²) in [5, 5.41) is 0. The van der Waals surface area contributed by atoms with E-state index in [4.69, 9.17) is 0 Å². The number of benzene rings is 1. The normalized spacial score (nSPS) is 35.6. The first-order valence-electron chi connectivity index (χ1n) is 8.72. The van der Waals surface area contributed by atoms with Gasteiger partial charge in [0.15, 0.2) is 0 Å². The minimum Gasteiger partial charge on any atom is -0.335 e. The number of halogens is 1. The van der Waals surface area contributed by atoms with E-state index in [2.05, 4.69) is 11.8 Å². The molecule has 0 atom stereocenters. The van der Waals surface area contributed by atoms with Crippen LogP contribution in [0.4, 0.5) is 4.39 Å². The average molecular weight is 301 g/mol. The smallest absolute Gasteiger partial charge is 0.254 e. The lowest BCUT2D eigenvalue weighted by atomic mass is 9.54. The summed E-state index contributed by atoms with van der Waals surface area (Å²) in [6.45, 7) is 2.83. The molecule has 1 aromatic rings. The molecule has 0 aromatic heterocycles. The van der Waals surface area contributed by atoms with Crippen LogP contribution in [0.5, 0.6) is 0 Å². The van der Waals surface area contributed by atoms with Gasteiger partial charge in [0, 0.05) is 18.2 Å². The predicted molar refractivity (Wildman–Crippen MR) is 83.9 cm³/mol. The zero-order valence-corrected chi connectivity index (χ0v) is 13.2. The molecule has 0 N–H and O–H groups in total. The molecule has 0 radical (unpaired) electrons. The summed E-state index contributed by atoms with van der Waals surface area (Å²) in [6, 6.07) is 6.43. The molecule has 0 saturated heterocycles. The number of nitrogens with zero attached hydrogens (tertiary/aromatic N) is 1. The van der Waals surface area contributed by atoms with E-state index in [1.165, 1.54) is 44.2 Å². The van der Waals surface area contributed by atoms with Crippen molar-refractivity contribution in [3.8, 4) is 0 Å². The molecule has 4 aliphatic rings. The summed E-state index contributed by atoms with van der Waals surface area (Å²) >= 11 is 0. The van der Waals surface area contributed by atoms with Gasteiger partial charge in [-0.3, -0.25) is 4.79 Å². The molecule has 3 heteroatoms.